The zero-order valence-corrected chi connectivity index (χ0v) is 15.3. The van der Waals surface area contributed by atoms with Crippen LogP contribution in [0.5, 0.6) is 11.5 Å². The Bertz CT molecular complexity index is 776. The van der Waals surface area contributed by atoms with Gasteiger partial charge < -0.3 is 19.5 Å². The Balaban J connectivity index is 2.27. The molecule has 0 bridgehead atoms. The third-order valence-corrected chi connectivity index (χ3v) is 3.86. The summed E-state index contributed by atoms with van der Waals surface area (Å²) < 4.78 is 10.7. The molecule has 0 saturated carbocycles. The predicted molar refractivity (Wildman–Crippen MR) is 98.0 cm³/mol. The molecule has 0 unspecified atom stereocenters. The lowest BCUT2D eigenvalue weighted by molar-refractivity contribution is -0.137. The van der Waals surface area contributed by atoms with Gasteiger partial charge in [0, 0.05) is 17.1 Å². The molecule has 2 aromatic carbocycles. The molecule has 0 fully saturated rings. The van der Waals surface area contributed by atoms with Gasteiger partial charge in [0.25, 0.3) is 5.91 Å². The van der Waals surface area contributed by atoms with E-state index < -0.39 is 18.4 Å². The van der Waals surface area contributed by atoms with E-state index in [-0.39, 0.29) is 6.54 Å². The lowest BCUT2D eigenvalue weighted by Crippen LogP contribution is -2.35. The summed E-state index contributed by atoms with van der Waals surface area (Å²) in [6.45, 7) is 2.04. The van der Waals surface area contributed by atoms with Crippen LogP contribution in [0.2, 0.25) is 5.02 Å². The van der Waals surface area contributed by atoms with Gasteiger partial charge in [0.05, 0.1) is 13.7 Å². The van der Waals surface area contributed by atoms with Crippen LogP contribution < -0.4 is 9.47 Å². The second-order valence-electron chi connectivity index (χ2n) is 5.48. The van der Waals surface area contributed by atoms with Gasteiger partial charge in [-0.3, -0.25) is 9.59 Å². The van der Waals surface area contributed by atoms with Gasteiger partial charge in [-0.15, -0.1) is 0 Å². The second kappa shape index (κ2) is 9.10. The van der Waals surface area contributed by atoms with Gasteiger partial charge in [-0.05, 0) is 42.8 Å². The highest BCUT2D eigenvalue weighted by Crippen LogP contribution is 2.28. The molecule has 0 aromatic heterocycles. The number of carbonyl (C=O) groups excluding carboxylic acids is 1. The highest BCUT2D eigenvalue weighted by atomic mass is 35.5. The van der Waals surface area contributed by atoms with Crippen LogP contribution in [0.4, 0.5) is 0 Å². The fourth-order valence-electron chi connectivity index (χ4n) is 2.43. The summed E-state index contributed by atoms with van der Waals surface area (Å²) in [5.41, 5.74) is 1.10. The molecule has 0 saturated heterocycles. The molecule has 0 aliphatic carbocycles. The number of halogens is 1. The van der Waals surface area contributed by atoms with E-state index in [2.05, 4.69) is 0 Å². The first-order chi connectivity index (χ1) is 12.4. The van der Waals surface area contributed by atoms with Crippen LogP contribution in [0.15, 0.2) is 42.5 Å². The first kappa shape index (κ1) is 19.6. The highest BCUT2D eigenvalue weighted by Gasteiger charge is 2.20. The molecule has 138 valence electrons. The van der Waals surface area contributed by atoms with Crippen molar-refractivity contribution in [3.05, 3.63) is 58.6 Å². The maximum Gasteiger partial charge on any atom is 0.323 e. The predicted octanol–water partition coefficient (Wildman–Crippen LogP) is 3.47. The monoisotopic (exact) mass is 377 g/mol. The summed E-state index contributed by atoms with van der Waals surface area (Å²) in [6.07, 6.45) is 0. The van der Waals surface area contributed by atoms with E-state index in [0.29, 0.717) is 28.7 Å². The molecule has 6 nitrogen and oxygen atoms in total. The van der Waals surface area contributed by atoms with Crippen molar-refractivity contribution in [3.63, 3.8) is 0 Å². The van der Waals surface area contributed by atoms with E-state index in [0.717, 1.165) is 5.56 Å². The average Bonchev–Trinajstić information content (AvgIpc) is 2.62. The summed E-state index contributed by atoms with van der Waals surface area (Å²) in [5.74, 6) is -0.567. The molecular weight excluding hydrogens is 358 g/mol. The van der Waals surface area contributed by atoms with Crippen LogP contribution in [-0.2, 0) is 11.3 Å². The lowest BCUT2D eigenvalue weighted by atomic mass is 10.1. The molecule has 0 radical (unpaired) electrons. The molecule has 0 heterocycles. The van der Waals surface area contributed by atoms with Crippen molar-refractivity contribution < 1.29 is 24.2 Å². The Morgan fingerprint density at radius 3 is 2.38 bits per heavy atom. The SMILES string of the molecule is CCOc1ccc(C(=O)N(CC(=O)O)Cc2ccc(Cl)cc2)cc1OC. The number of carboxylic acids is 1. The number of carboxylic acid groups (broad SMARTS) is 1. The fourth-order valence-corrected chi connectivity index (χ4v) is 2.56. The Kier molecular flexibility index (Phi) is 6.86. The van der Waals surface area contributed by atoms with Crippen LogP contribution in [-0.4, -0.2) is 42.1 Å². The zero-order chi connectivity index (χ0) is 19.1. The molecule has 26 heavy (non-hydrogen) atoms. The molecule has 0 aliphatic heterocycles. The number of carbonyl (C=O) groups is 2. The number of ether oxygens (including phenoxy) is 2. The lowest BCUT2D eigenvalue weighted by Gasteiger charge is -2.21. The van der Waals surface area contributed by atoms with Gasteiger partial charge in [-0.2, -0.15) is 0 Å². The Labute approximate surface area is 156 Å². The van der Waals surface area contributed by atoms with E-state index in [9.17, 15) is 9.59 Å². The van der Waals surface area contributed by atoms with Gasteiger partial charge in [0.15, 0.2) is 11.5 Å². The van der Waals surface area contributed by atoms with Gasteiger partial charge in [0.2, 0.25) is 0 Å². The number of rotatable bonds is 8. The van der Waals surface area contributed by atoms with Gasteiger partial charge >= 0.3 is 5.97 Å². The van der Waals surface area contributed by atoms with Gasteiger partial charge in [-0.25, -0.2) is 0 Å². The van der Waals surface area contributed by atoms with Crippen molar-refractivity contribution in [2.24, 2.45) is 0 Å². The van der Waals surface area contributed by atoms with Crippen LogP contribution in [0.1, 0.15) is 22.8 Å². The number of nitrogens with zero attached hydrogens (tertiary/aromatic N) is 1. The standard InChI is InChI=1S/C19H20ClNO5/c1-3-26-16-9-6-14(10-17(16)25-2)19(24)21(12-18(22)23)11-13-4-7-15(20)8-5-13/h4-10H,3,11-12H2,1-2H3,(H,22,23). The molecule has 7 heteroatoms. The van der Waals surface area contributed by atoms with Crippen molar-refractivity contribution >= 4 is 23.5 Å². The van der Waals surface area contributed by atoms with E-state index in [1.54, 1.807) is 42.5 Å². The summed E-state index contributed by atoms with van der Waals surface area (Å²) in [7, 11) is 1.48. The molecule has 1 N–H and O–H groups in total. The van der Waals surface area contributed by atoms with Crippen molar-refractivity contribution in [1.29, 1.82) is 0 Å². The van der Waals surface area contributed by atoms with Gasteiger partial charge in [0.1, 0.15) is 6.54 Å². The van der Waals surface area contributed by atoms with Crippen molar-refractivity contribution in [1.82, 2.24) is 4.90 Å². The van der Waals surface area contributed by atoms with Crippen LogP contribution in [0.25, 0.3) is 0 Å². The minimum Gasteiger partial charge on any atom is -0.493 e. The number of methoxy groups -OCH3 is 1. The summed E-state index contributed by atoms with van der Waals surface area (Å²) in [4.78, 5) is 25.3. The van der Waals surface area contributed by atoms with Crippen LogP contribution in [0.3, 0.4) is 0 Å². The molecular formula is C19H20ClNO5. The van der Waals surface area contributed by atoms with E-state index in [4.69, 9.17) is 26.2 Å². The number of hydrogen-bond acceptors (Lipinski definition) is 4. The number of aliphatic carboxylic acids is 1. The van der Waals surface area contributed by atoms with Crippen molar-refractivity contribution in [2.75, 3.05) is 20.3 Å². The second-order valence-corrected chi connectivity index (χ2v) is 5.92. The normalized spacial score (nSPS) is 10.3. The molecule has 0 aliphatic rings. The minimum absolute atomic E-state index is 0.151. The Hall–Kier alpha value is -2.73. The number of hydrogen-bond donors (Lipinski definition) is 1. The topological polar surface area (TPSA) is 76.1 Å². The summed E-state index contributed by atoms with van der Waals surface area (Å²) in [5, 5.41) is 9.73. The first-order valence-electron chi connectivity index (χ1n) is 8.01. The largest absolute Gasteiger partial charge is 0.493 e. The molecule has 0 atom stereocenters. The Morgan fingerprint density at radius 1 is 1.12 bits per heavy atom. The smallest absolute Gasteiger partial charge is 0.323 e. The molecule has 0 spiro atoms. The minimum atomic E-state index is -1.09. The van der Waals surface area contributed by atoms with Crippen LogP contribution >= 0.6 is 11.6 Å². The number of benzene rings is 2. The molecule has 2 rings (SSSR count). The third kappa shape index (κ3) is 5.13. The quantitative estimate of drug-likeness (QED) is 0.762. The van der Waals surface area contributed by atoms with Crippen LogP contribution in [0, 0.1) is 0 Å². The van der Waals surface area contributed by atoms with E-state index in [1.165, 1.54) is 12.0 Å². The maximum absolute atomic E-state index is 12.8. The zero-order valence-electron chi connectivity index (χ0n) is 14.6. The number of amides is 1. The molecule has 1 amide bonds. The third-order valence-electron chi connectivity index (χ3n) is 3.61. The maximum atomic E-state index is 12.8. The summed E-state index contributed by atoms with van der Waals surface area (Å²) in [6, 6.07) is 11.7. The van der Waals surface area contributed by atoms with Crippen molar-refractivity contribution in [2.45, 2.75) is 13.5 Å². The fraction of sp³-hybridized carbons (Fsp3) is 0.263. The first-order valence-corrected chi connectivity index (χ1v) is 8.38. The Morgan fingerprint density at radius 2 is 1.81 bits per heavy atom. The van der Waals surface area contributed by atoms with Gasteiger partial charge in [-0.1, -0.05) is 23.7 Å². The summed E-state index contributed by atoms with van der Waals surface area (Å²) >= 11 is 5.86. The van der Waals surface area contributed by atoms with E-state index in [1.807, 2.05) is 6.92 Å². The highest BCUT2D eigenvalue weighted by molar-refractivity contribution is 6.30. The molecule has 2 aromatic rings. The average molecular weight is 378 g/mol. The van der Waals surface area contributed by atoms with E-state index >= 15 is 0 Å². The van der Waals surface area contributed by atoms with Crippen molar-refractivity contribution in [3.8, 4) is 11.5 Å².